The second kappa shape index (κ2) is 9.86. The van der Waals surface area contributed by atoms with Gasteiger partial charge in [0.25, 0.3) is 0 Å². The monoisotopic (exact) mass is 384 g/mol. The van der Waals surface area contributed by atoms with Crippen LogP contribution in [0, 0.1) is 11.6 Å². The van der Waals surface area contributed by atoms with Crippen molar-refractivity contribution in [2.75, 3.05) is 6.61 Å². The highest BCUT2D eigenvalue weighted by Gasteiger charge is 2.26. The van der Waals surface area contributed by atoms with Gasteiger partial charge in [0.05, 0.1) is 0 Å². The fraction of sp³-hybridized carbons (Fsp3) is 0.440. The molecule has 0 saturated carbocycles. The summed E-state index contributed by atoms with van der Waals surface area (Å²) < 4.78 is 35.2. The van der Waals surface area contributed by atoms with E-state index < -0.39 is 0 Å². The number of unbranched alkanes of at least 4 members (excludes halogenated alkanes) is 2. The summed E-state index contributed by atoms with van der Waals surface area (Å²) in [4.78, 5) is 0. The molecule has 0 heterocycles. The molecule has 3 heteroatoms. The quantitative estimate of drug-likeness (QED) is 0.354. The molecule has 1 aliphatic carbocycles. The van der Waals surface area contributed by atoms with Crippen LogP contribution in [0.15, 0.2) is 42.5 Å². The van der Waals surface area contributed by atoms with Gasteiger partial charge in [-0.1, -0.05) is 38.0 Å². The molecule has 0 N–H and O–H groups in total. The Bertz CT molecular complexity index is 802. The molecule has 0 spiro atoms. The number of benzene rings is 2. The van der Waals surface area contributed by atoms with Gasteiger partial charge in [-0.05, 0) is 85.9 Å². The van der Waals surface area contributed by atoms with Gasteiger partial charge < -0.3 is 4.74 Å². The summed E-state index contributed by atoms with van der Waals surface area (Å²) in [5, 5.41) is 0. The Balaban J connectivity index is 1.73. The first-order valence-electron chi connectivity index (χ1n) is 10.5. The van der Waals surface area contributed by atoms with E-state index in [4.69, 9.17) is 4.74 Å². The van der Waals surface area contributed by atoms with E-state index in [9.17, 15) is 8.78 Å². The number of fused-ring (bicyclic) bond motifs is 1. The van der Waals surface area contributed by atoms with Crippen LogP contribution in [0.25, 0.3) is 0 Å². The van der Waals surface area contributed by atoms with Crippen molar-refractivity contribution in [1.82, 2.24) is 0 Å². The first-order chi connectivity index (χ1) is 13.6. The molecule has 2 aromatic rings. The lowest BCUT2D eigenvalue weighted by Crippen LogP contribution is -2.16. The Morgan fingerprint density at radius 2 is 1.86 bits per heavy atom. The maximum Gasteiger partial charge on any atom is 0.129 e. The third-order valence-corrected chi connectivity index (χ3v) is 5.60. The molecule has 1 unspecified atom stereocenters. The summed E-state index contributed by atoms with van der Waals surface area (Å²) in [5.74, 6) is -0.0198. The minimum absolute atomic E-state index is 0.105. The van der Waals surface area contributed by atoms with E-state index in [-0.39, 0.29) is 23.1 Å². The lowest BCUT2D eigenvalue weighted by molar-refractivity contribution is 0.361. The van der Waals surface area contributed by atoms with E-state index in [0.717, 1.165) is 49.8 Å². The first-order valence-corrected chi connectivity index (χ1v) is 10.5. The second-order valence-corrected chi connectivity index (χ2v) is 7.68. The Hall–Kier alpha value is -2.16. The first kappa shape index (κ1) is 20.6. The van der Waals surface area contributed by atoms with Crippen molar-refractivity contribution in [3.8, 4) is 5.75 Å². The van der Waals surface area contributed by atoms with Crippen molar-refractivity contribution >= 4 is 0 Å². The highest BCUT2D eigenvalue weighted by Crippen LogP contribution is 2.37. The van der Waals surface area contributed by atoms with E-state index in [1.54, 1.807) is 12.1 Å². The van der Waals surface area contributed by atoms with Crippen molar-refractivity contribution < 1.29 is 13.5 Å². The average molecular weight is 385 g/mol. The minimum atomic E-state index is -0.383. The highest BCUT2D eigenvalue weighted by atomic mass is 19.1. The molecule has 1 nitrogen and oxygen atoms in total. The Morgan fingerprint density at radius 1 is 1.07 bits per heavy atom. The number of ether oxygens (including phenoxy) is 1. The topological polar surface area (TPSA) is 9.23 Å². The Labute approximate surface area is 167 Å². The van der Waals surface area contributed by atoms with Crippen LogP contribution >= 0.6 is 0 Å². The van der Waals surface area contributed by atoms with E-state index >= 15 is 0 Å². The molecule has 0 fully saturated rings. The molecule has 0 saturated heterocycles. The highest BCUT2D eigenvalue weighted by molar-refractivity contribution is 5.40. The number of rotatable bonds is 8. The number of hydrogen-bond donors (Lipinski definition) is 0. The van der Waals surface area contributed by atoms with Crippen molar-refractivity contribution in [2.45, 2.75) is 64.7 Å². The number of aryl methyl sites for hydroxylation is 2. The largest absolute Gasteiger partial charge is 0.490 e. The van der Waals surface area contributed by atoms with Gasteiger partial charge in [0.1, 0.15) is 24.0 Å². The molecule has 0 bridgehead atoms. The normalized spacial score (nSPS) is 16.4. The number of allylic oxidation sites excluding steroid dienone is 1. The van der Waals surface area contributed by atoms with Gasteiger partial charge in [-0.2, -0.15) is 0 Å². The zero-order valence-electron chi connectivity index (χ0n) is 16.9. The molecule has 2 aromatic carbocycles. The van der Waals surface area contributed by atoms with Crippen molar-refractivity contribution in [3.63, 3.8) is 0 Å². The van der Waals surface area contributed by atoms with E-state index in [1.807, 2.05) is 31.2 Å². The summed E-state index contributed by atoms with van der Waals surface area (Å²) in [6.45, 7) is 4.65. The molecular weight excluding hydrogens is 354 g/mol. The van der Waals surface area contributed by atoms with Crippen molar-refractivity contribution in [3.05, 3.63) is 76.4 Å². The summed E-state index contributed by atoms with van der Waals surface area (Å²) in [5.41, 5.74) is 3.43. The van der Waals surface area contributed by atoms with Gasteiger partial charge in [-0.15, -0.1) is 0 Å². The van der Waals surface area contributed by atoms with Crippen molar-refractivity contribution in [1.29, 1.82) is 0 Å². The van der Waals surface area contributed by atoms with E-state index in [1.165, 1.54) is 11.1 Å². The molecule has 3 rings (SSSR count). The maximum atomic E-state index is 14.8. The smallest absolute Gasteiger partial charge is 0.129 e. The average Bonchev–Trinajstić information content (AvgIpc) is 2.68. The van der Waals surface area contributed by atoms with Crippen LogP contribution in [-0.2, 0) is 19.3 Å². The zero-order chi connectivity index (χ0) is 19.9. The Kier molecular flexibility index (Phi) is 7.24. The molecule has 0 amide bonds. The zero-order valence-corrected chi connectivity index (χ0v) is 16.9. The predicted molar refractivity (Wildman–Crippen MR) is 111 cm³/mol. The maximum absolute atomic E-state index is 14.8. The third kappa shape index (κ3) is 5.01. The fourth-order valence-electron chi connectivity index (χ4n) is 4.06. The molecule has 0 aliphatic heterocycles. The van der Waals surface area contributed by atoms with Crippen LogP contribution < -0.4 is 4.74 Å². The molecular formula is C25H30F2O. The molecule has 0 radical (unpaired) electrons. The lowest BCUT2D eigenvalue weighted by Gasteiger charge is -2.26. The van der Waals surface area contributed by atoms with Crippen LogP contribution in [0.3, 0.4) is 0 Å². The van der Waals surface area contributed by atoms with E-state index in [2.05, 4.69) is 13.0 Å². The minimum Gasteiger partial charge on any atom is -0.490 e. The van der Waals surface area contributed by atoms with Gasteiger partial charge in [-0.3, -0.25) is 0 Å². The standard InChI is InChI=1S/C25H30F2O/c1-3-5-7-8-18-14-23(26)25(24(27)15-18)21-10-9-20-17-22(28-13-6-4-2)12-11-19(20)16-21/h4,6,11-12,14-15,17,21H,3,5,7-10,13,16H2,1-2H3. The molecule has 1 aliphatic rings. The van der Waals surface area contributed by atoms with Crippen LogP contribution in [0.2, 0.25) is 0 Å². The van der Waals surface area contributed by atoms with Crippen LogP contribution in [0.1, 0.15) is 67.7 Å². The van der Waals surface area contributed by atoms with Gasteiger partial charge in [-0.25, -0.2) is 8.78 Å². The van der Waals surface area contributed by atoms with Crippen LogP contribution in [0.5, 0.6) is 5.75 Å². The lowest BCUT2D eigenvalue weighted by atomic mass is 9.79. The molecule has 1 atom stereocenters. The third-order valence-electron chi connectivity index (χ3n) is 5.60. The number of halogens is 2. The Morgan fingerprint density at radius 3 is 2.57 bits per heavy atom. The SMILES string of the molecule is CC=CCOc1ccc2c(c1)CCC(c1c(F)cc(CCCCC)cc1F)C2. The van der Waals surface area contributed by atoms with E-state index in [0.29, 0.717) is 13.0 Å². The molecule has 150 valence electrons. The fourth-order valence-corrected chi connectivity index (χ4v) is 4.06. The summed E-state index contributed by atoms with van der Waals surface area (Å²) in [7, 11) is 0. The van der Waals surface area contributed by atoms with Gasteiger partial charge in [0.15, 0.2) is 0 Å². The molecule has 28 heavy (non-hydrogen) atoms. The summed E-state index contributed by atoms with van der Waals surface area (Å²) >= 11 is 0. The van der Waals surface area contributed by atoms with Crippen LogP contribution in [0.4, 0.5) is 8.78 Å². The van der Waals surface area contributed by atoms with Gasteiger partial charge >= 0.3 is 0 Å². The predicted octanol–water partition coefficient (Wildman–Crippen LogP) is 6.92. The summed E-state index contributed by atoms with van der Waals surface area (Å²) in [6.07, 6.45) is 10.1. The second-order valence-electron chi connectivity index (χ2n) is 7.68. The van der Waals surface area contributed by atoms with Crippen molar-refractivity contribution in [2.24, 2.45) is 0 Å². The van der Waals surface area contributed by atoms with Gasteiger partial charge in [0, 0.05) is 5.56 Å². The summed E-state index contributed by atoms with van der Waals surface area (Å²) in [6, 6.07) is 9.15. The van der Waals surface area contributed by atoms with Gasteiger partial charge in [0.2, 0.25) is 0 Å². The number of hydrogen-bond acceptors (Lipinski definition) is 1. The van der Waals surface area contributed by atoms with Crippen LogP contribution in [-0.4, -0.2) is 6.61 Å². The molecule has 0 aromatic heterocycles.